The van der Waals surface area contributed by atoms with Crippen molar-refractivity contribution in [3.8, 4) is 0 Å². The number of nitrogens with one attached hydrogen (secondary N) is 1. The van der Waals surface area contributed by atoms with E-state index < -0.39 is 20.8 Å². The average Bonchev–Trinajstić information content (AvgIpc) is 2.80. The van der Waals surface area contributed by atoms with E-state index in [1.54, 1.807) is 24.3 Å². The molecule has 1 fully saturated rings. The summed E-state index contributed by atoms with van der Waals surface area (Å²) in [6.45, 7) is 3.82. The zero-order valence-electron chi connectivity index (χ0n) is 17.6. The summed E-state index contributed by atoms with van der Waals surface area (Å²) in [7, 11) is -3.83. The first-order valence-electron chi connectivity index (χ1n) is 10.3. The minimum atomic E-state index is -3.83. The van der Waals surface area contributed by atoms with Gasteiger partial charge < -0.3 is 4.90 Å². The molecule has 0 unspecified atom stereocenters. The fourth-order valence-corrected chi connectivity index (χ4v) is 4.62. The number of benzene rings is 2. The highest BCUT2D eigenvalue weighted by Crippen LogP contribution is 2.20. The third kappa shape index (κ3) is 5.62. The molecule has 11 heteroatoms. The molecule has 0 radical (unpaired) electrons. The van der Waals surface area contributed by atoms with Crippen molar-refractivity contribution < 1.29 is 17.7 Å². The van der Waals surface area contributed by atoms with Crippen molar-refractivity contribution in [1.82, 2.24) is 9.88 Å². The summed E-state index contributed by atoms with van der Waals surface area (Å²) in [6.07, 6.45) is 1.46. The monoisotopic (exact) mass is 471 g/mol. The van der Waals surface area contributed by atoms with Gasteiger partial charge in [-0.25, -0.2) is 17.8 Å². The van der Waals surface area contributed by atoms with Gasteiger partial charge in [-0.15, -0.1) is 0 Å². The summed E-state index contributed by atoms with van der Waals surface area (Å²) in [5.74, 6) is 0.238. The van der Waals surface area contributed by atoms with Crippen molar-refractivity contribution in [3.05, 3.63) is 88.4 Å². The molecular weight excluding hydrogens is 449 g/mol. The van der Waals surface area contributed by atoms with E-state index in [2.05, 4.69) is 19.5 Å². The summed E-state index contributed by atoms with van der Waals surface area (Å²) in [6, 6.07) is 14.6. The highest BCUT2D eigenvalue weighted by Gasteiger charge is 2.19. The maximum absolute atomic E-state index is 13.0. The van der Waals surface area contributed by atoms with Crippen molar-refractivity contribution in [2.75, 3.05) is 35.8 Å². The second-order valence-corrected chi connectivity index (χ2v) is 9.33. The molecule has 1 saturated heterocycles. The molecule has 0 saturated carbocycles. The zero-order chi connectivity index (χ0) is 23.4. The van der Waals surface area contributed by atoms with Gasteiger partial charge in [0.2, 0.25) is 0 Å². The Balaban J connectivity index is 1.32. The number of anilines is 2. The van der Waals surface area contributed by atoms with Crippen molar-refractivity contribution in [1.29, 1.82) is 0 Å². The lowest BCUT2D eigenvalue weighted by atomic mass is 10.2. The molecule has 9 nitrogen and oxygen atoms in total. The minimum Gasteiger partial charge on any atom is -0.354 e. The van der Waals surface area contributed by atoms with Crippen LogP contribution in [0, 0.1) is 15.9 Å². The minimum absolute atomic E-state index is 0.0304. The number of hydrogen-bond donors (Lipinski definition) is 1. The second-order valence-electron chi connectivity index (χ2n) is 7.65. The van der Waals surface area contributed by atoms with E-state index >= 15 is 0 Å². The van der Waals surface area contributed by atoms with E-state index in [1.165, 1.54) is 30.5 Å². The summed E-state index contributed by atoms with van der Waals surface area (Å²) >= 11 is 0. The lowest BCUT2D eigenvalue weighted by molar-refractivity contribution is -0.384. The van der Waals surface area contributed by atoms with Gasteiger partial charge in [-0.05, 0) is 42.0 Å². The molecule has 2 heterocycles. The third-order valence-corrected chi connectivity index (χ3v) is 6.77. The number of sulfonamides is 1. The van der Waals surface area contributed by atoms with Gasteiger partial charge in [-0.2, -0.15) is 0 Å². The van der Waals surface area contributed by atoms with Gasteiger partial charge in [0, 0.05) is 44.9 Å². The largest absolute Gasteiger partial charge is 0.354 e. The third-order valence-electron chi connectivity index (χ3n) is 5.37. The summed E-state index contributed by atoms with van der Waals surface area (Å²) in [4.78, 5) is 19.1. The van der Waals surface area contributed by atoms with Crippen LogP contribution in [-0.4, -0.2) is 49.4 Å². The predicted molar refractivity (Wildman–Crippen MR) is 122 cm³/mol. The molecule has 3 aromatic rings. The van der Waals surface area contributed by atoms with Crippen molar-refractivity contribution >= 4 is 27.2 Å². The molecule has 2 aromatic carbocycles. The number of nitrogens with zero attached hydrogens (tertiary/aromatic N) is 4. The van der Waals surface area contributed by atoms with Crippen molar-refractivity contribution in [2.24, 2.45) is 0 Å². The highest BCUT2D eigenvalue weighted by molar-refractivity contribution is 7.92. The Morgan fingerprint density at radius 3 is 2.21 bits per heavy atom. The van der Waals surface area contributed by atoms with Crippen LogP contribution in [0.2, 0.25) is 0 Å². The van der Waals surface area contributed by atoms with Gasteiger partial charge in [0.25, 0.3) is 15.7 Å². The Labute approximate surface area is 190 Å². The second kappa shape index (κ2) is 9.51. The Kier molecular flexibility index (Phi) is 6.52. The number of nitro benzene ring substituents is 1. The van der Waals surface area contributed by atoms with Crippen LogP contribution in [0.15, 0.2) is 71.8 Å². The van der Waals surface area contributed by atoms with Crippen molar-refractivity contribution in [2.45, 2.75) is 11.4 Å². The van der Waals surface area contributed by atoms with Crippen LogP contribution in [0.25, 0.3) is 0 Å². The molecular formula is C22H22FN5O4S. The van der Waals surface area contributed by atoms with Gasteiger partial charge in [-0.3, -0.25) is 19.7 Å². The topological polar surface area (TPSA) is 109 Å². The van der Waals surface area contributed by atoms with Crippen LogP contribution in [0.3, 0.4) is 0 Å². The Morgan fingerprint density at radius 2 is 1.64 bits per heavy atom. The van der Waals surface area contributed by atoms with Crippen LogP contribution < -0.4 is 9.62 Å². The normalized spacial score (nSPS) is 14.8. The lowest BCUT2D eigenvalue weighted by Crippen LogP contribution is -2.46. The van der Waals surface area contributed by atoms with Gasteiger partial charge >= 0.3 is 0 Å². The van der Waals surface area contributed by atoms with Gasteiger partial charge in [0.05, 0.1) is 21.7 Å². The summed E-state index contributed by atoms with van der Waals surface area (Å²) in [5, 5.41) is 10.8. The van der Waals surface area contributed by atoms with Crippen LogP contribution >= 0.6 is 0 Å². The molecule has 172 valence electrons. The molecule has 1 aliphatic rings. The van der Waals surface area contributed by atoms with E-state index in [4.69, 9.17) is 0 Å². The molecule has 33 heavy (non-hydrogen) atoms. The van der Waals surface area contributed by atoms with Crippen LogP contribution in [0.4, 0.5) is 21.6 Å². The van der Waals surface area contributed by atoms with Crippen molar-refractivity contribution in [3.63, 3.8) is 0 Å². The van der Waals surface area contributed by atoms with Crippen LogP contribution in [0.1, 0.15) is 5.56 Å². The zero-order valence-corrected chi connectivity index (χ0v) is 18.4. The molecule has 1 N–H and O–H groups in total. The van der Waals surface area contributed by atoms with Gasteiger partial charge in [-0.1, -0.05) is 12.1 Å². The fraction of sp³-hybridized carbons (Fsp3) is 0.227. The summed E-state index contributed by atoms with van der Waals surface area (Å²) < 4.78 is 40.3. The van der Waals surface area contributed by atoms with Gasteiger partial charge in [0.1, 0.15) is 11.6 Å². The molecule has 1 aromatic heterocycles. The smallest absolute Gasteiger partial charge is 0.269 e. The number of pyridine rings is 1. The van der Waals surface area contributed by atoms with Crippen LogP contribution in [0.5, 0.6) is 0 Å². The molecule has 1 aliphatic heterocycles. The number of nitro groups is 1. The van der Waals surface area contributed by atoms with E-state index in [0.29, 0.717) is 12.2 Å². The Bertz CT molecular complexity index is 1210. The lowest BCUT2D eigenvalue weighted by Gasteiger charge is -2.35. The maximum Gasteiger partial charge on any atom is 0.269 e. The molecule has 0 aliphatic carbocycles. The number of non-ortho nitro benzene ring substituents is 1. The first-order chi connectivity index (χ1) is 15.8. The quantitative estimate of drug-likeness (QED) is 0.416. The number of piperazine rings is 1. The van der Waals surface area contributed by atoms with Crippen LogP contribution in [-0.2, 0) is 16.6 Å². The first kappa shape index (κ1) is 22.6. The van der Waals surface area contributed by atoms with E-state index in [9.17, 15) is 22.9 Å². The number of halogens is 1. The highest BCUT2D eigenvalue weighted by atomic mass is 32.2. The fourth-order valence-electron chi connectivity index (χ4n) is 3.58. The number of hydrogen-bond acceptors (Lipinski definition) is 7. The molecule has 0 bridgehead atoms. The van der Waals surface area contributed by atoms with E-state index in [-0.39, 0.29) is 10.6 Å². The van der Waals surface area contributed by atoms with Gasteiger partial charge in [0.15, 0.2) is 0 Å². The average molecular weight is 472 g/mol. The SMILES string of the molecule is O=[N+]([O-])c1ccc(CN2CCN(c3ccc(NS(=O)(=O)c4ccc(F)cc4)cn3)CC2)cc1. The van der Waals surface area contributed by atoms with E-state index in [1.807, 2.05) is 0 Å². The molecule has 0 amide bonds. The number of aromatic nitrogens is 1. The molecule has 0 atom stereocenters. The molecule has 0 spiro atoms. The first-order valence-corrected chi connectivity index (χ1v) is 11.7. The molecule has 4 rings (SSSR count). The predicted octanol–water partition coefficient (Wildman–Crippen LogP) is 3.25. The van der Waals surface area contributed by atoms with E-state index in [0.717, 1.165) is 49.7 Å². The standard InChI is InChI=1S/C22H22FN5O4S/c23-18-3-8-21(9-4-18)33(31,32)25-19-5-10-22(24-15-19)27-13-11-26(12-14-27)16-17-1-6-20(7-2-17)28(29)30/h1-10,15,25H,11-14,16H2. The number of rotatable bonds is 7. The summed E-state index contributed by atoms with van der Waals surface area (Å²) in [5.41, 5.74) is 1.42. The maximum atomic E-state index is 13.0. The Morgan fingerprint density at radius 1 is 0.970 bits per heavy atom. The Hall–Kier alpha value is -3.57.